The van der Waals surface area contributed by atoms with Crippen LogP contribution in [-0.2, 0) is 27.3 Å². The Kier molecular flexibility index (Phi) is 6.75. The summed E-state index contributed by atoms with van der Waals surface area (Å²) in [4.78, 5) is 21.1. The van der Waals surface area contributed by atoms with Crippen LogP contribution >= 0.6 is 0 Å². The predicted molar refractivity (Wildman–Crippen MR) is 96.1 cm³/mol. The van der Waals surface area contributed by atoms with Crippen LogP contribution < -0.4 is 0 Å². The number of hydrogen-bond acceptors (Lipinski definition) is 5. The average Bonchev–Trinajstić information content (AvgIpc) is 2.66. The van der Waals surface area contributed by atoms with E-state index in [9.17, 15) is 23.1 Å². The van der Waals surface area contributed by atoms with E-state index in [-0.39, 0.29) is 29.2 Å². The predicted octanol–water partition coefficient (Wildman–Crippen LogP) is 4.08. The molecule has 0 unspecified atom stereocenters. The van der Waals surface area contributed by atoms with Gasteiger partial charge in [-0.15, -0.1) is 0 Å². The second kappa shape index (κ2) is 9.03. The fourth-order valence-corrected chi connectivity index (χ4v) is 2.34. The summed E-state index contributed by atoms with van der Waals surface area (Å²) in [6, 6.07) is 11.2. The first-order valence-corrected chi connectivity index (χ1v) is 8.01. The molecule has 0 heterocycles. The Labute approximate surface area is 158 Å². The summed E-state index contributed by atoms with van der Waals surface area (Å²) in [7, 11) is 1.23. The van der Waals surface area contributed by atoms with Crippen LogP contribution in [0.15, 0.2) is 58.8 Å². The Morgan fingerprint density at radius 1 is 1.11 bits per heavy atom. The summed E-state index contributed by atoms with van der Waals surface area (Å²) in [6.07, 6.45) is -4.45. The maximum atomic E-state index is 12.8. The van der Waals surface area contributed by atoms with Gasteiger partial charge in [0.05, 0.1) is 11.3 Å². The van der Waals surface area contributed by atoms with E-state index >= 15 is 0 Å². The number of halogens is 3. The third kappa shape index (κ3) is 5.32. The van der Waals surface area contributed by atoms with Crippen molar-refractivity contribution in [3.05, 3.63) is 70.8 Å². The molecule has 0 aliphatic carbocycles. The van der Waals surface area contributed by atoms with E-state index in [1.807, 2.05) is 0 Å². The Balaban J connectivity index is 2.19. The molecule has 2 aromatic carbocycles. The summed E-state index contributed by atoms with van der Waals surface area (Å²) in [5.41, 5.74) is 0.167. The van der Waals surface area contributed by atoms with Crippen molar-refractivity contribution >= 4 is 17.4 Å². The van der Waals surface area contributed by atoms with Crippen LogP contribution in [0.3, 0.4) is 0 Å². The minimum Gasteiger partial charge on any atom is -0.476 e. The Morgan fingerprint density at radius 2 is 1.82 bits per heavy atom. The summed E-state index contributed by atoms with van der Waals surface area (Å²) >= 11 is 0. The van der Waals surface area contributed by atoms with Gasteiger partial charge in [-0.05, 0) is 24.6 Å². The van der Waals surface area contributed by atoms with E-state index in [0.717, 1.165) is 12.1 Å². The molecule has 0 saturated heterocycles. The van der Waals surface area contributed by atoms with Gasteiger partial charge < -0.3 is 14.8 Å². The molecule has 2 aromatic rings. The molecule has 1 N–H and O–H groups in total. The molecule has 0 radical (unpaired) electrons. The maximum absolute atomic E-state index is 12.8. The van der Waals surface area contributed by atoms with E-state index in [1.54, 1.807) is 18.2 Å². The average molecular weight is 394 g/mol. The van der Waals surface area contributed by atoms with E-state index < -0.39 is 17.7 Å². The molecule has 0 aliphatic heterocycles. The molecular formula is C19H17F3N2O4. The number of oxime groups is 2. The SMILES string of the molecule is CO/N=C(/C(=O)O)c1ccccc1CO/N=C(/C)c1cccc(C(F)(F)F)c1. The second-order valence-corrected chi connectivity index (χ2v) is 5.61. The minimum absolute atomic E-state index is 0.109. The molecule has 0 aliphatic rings. The molecule has 28 heavy (non-hydrogen) atoms. The molecule has 2 rings (SSSR count). The van der Waals surface area contributed by atoms with E-state index in [0.29, 0.717) is 5.56 Å². The topological polar surface area (TPSA) is 80.5 Å². The van der Waals surface area contributed by atoms with Crippen LogP contribution in [0.5, 0.6) is 0 Å². The molecule has 9 heteroatoms. The van der Waals surface area contributed by atoms with Gasteiger partial charge in [-0.3, -0.25) is 0 Å². The molecule has 0 aromatic heterocycles. The molecule has 6 nitrogen and oxygen atoms in total. The number of rotatable bonds is 7. The molecule has 0 bridgehead atoms. The first-order valence-electron chi connectivity index (χ1n) is 8.01. The van der Waals surface area contributed by atoms with Gasteiger partial charge in [-0.2, -0.15) is 13.2 Å². The first-order chi connectivity index (χ1) is 13.2. The molecular weight excluding hydrogens is 377 g/mol. The largest absolute Gasteiger partial charge is 0.476 e. The number of aliphatic carboxylic acids is 1. The van der Waals surface area contributed by atoms with Crippen LogP contribution in [0, 0.1) is 0 Å². The number of hydrogen-bond donors (Lipinski definition) is 1. The molecule has 0 spiro atoms. The van der Waals surface area contributed by atoms with Crippen molar-refractivity contribution in [2.24, 2.45) is 10.3 Å². The highest BCUT2D eigenvalue weighted by Gasteiger charge is 2.30. The Hall–Kier alpha value is -3.36. The second-order valence-electron chi connectivity index (χ2n) is 5.61. The smallest absolute Gasteiger partial charge is 0.416 e. The van der Waals surface area contributed by atoms with Gasteiger partial charge >= 0.3 is 12.1 Å². The zero-order valence-corrected chi connectivity index (χ0v) is 15.0. The monoisotopic (exact) mass is 394 g/mol. The number of alkyl halides is 3. The lowest BCUT2D eigenvalue weighted by Gasteiger charge is -2.10. The lowest BCUT2D eigenvalue weighted by Crippen LogP contribution is -2.17. The van der Waals surface area contributed by atoms with E-state index in [2.05, 4.69) is 15.1 Å². The highest BCUT2D eigenvalue weighted by atomic mass is 19.4. The number of carbonyl (C=O) groups is 1. The summed E-state index contributed by atoms with van der Waals surface area (Å²) in [5.74, 6) is -1.28. The van der Waals surface area contributed by atoms with Crippen LogP contribution in [0.2, 0.25) is 0 Å². The van der Waals surface area contributed by atoms with Crippen LogP contribution in [0.4, 0.5) is 13.2 Å². The standard InChI is InChI=1S/C19H17F3N2O4/c1-12(13-7-5-8-15(10-13)19(20,21)22)23-28-11-14-6-3-4-9-16(14)17(18(25)26)24-27-2/h3-10H,11H2,1-2H3,(H,25,26)/b23-12-,24-17+. The van der Waals surface area contributed by atoms with Crippen molar-refractivity contribution in [3.8, 4) is 0 Å². The summed E-state index contributed by atoms with van der Waals surface area (Å²) in [6.45, 7) is 1.40. The van der Waals surface area contributed by atoms with Crippen molar-refractivity contribution < 1.29 is 32.7 Å². The molecule has 0 saturated carbocycles. The third-order valence-corrected chi connectivity index (χ3v) is 3.69. The maximum Gasteiger partial charge on any atom is 0.416 e. The fourth-order valence-electron chi connectivity index (χ4n) is 2.34. The van der Waals surface area contributed by atoms with E-state index in [4.69, 9.17) is 4.84 Å². The highest BCUT2D eigenvalue weighted by molar-refractivity contribution is 6.42. The van der Waals surface area contributed by atoms with Crippen molar-refractivity contribution in [1.82, 2.24) is 0 Å². The molecule has 0 amide bonds. The van der Waals surface area contributed by atoms with Gasteiger partial charge in [-0.25, -0.2) is 4.79 Å². The lowest BCUT2D eigenvalue weighted by molar-refractivity contribution is -0.137. The molecule has 0 fully saturated rings. The summed E-state index contributed by atoms with van der Waals surface area (Å²) in [5, 5.41) is 16.6. The molecule has 0 atom stereocenters. The molecule has 148 valence electrons. The van der Waals surface area contributed by atoms with Gasteiger partial charge in [-0.1, -0.05) is 46.7 Å². The Bertz CT molecular complexity index is 908. The number of carboxylic acids is 1. The fraction of sp³-hybridized carbons (Fsp3) is 0.211. The van der Waals surface area contributed by atoms with Crippen LogP contribution in [0.25, 0.3) is 0 Å². The lowest BCUT2D eigenvalue weighted by atomic mass is 10.0. The van der Waals surface area contributed by atoms with Gasteiger partial charge in [0.15, 0.2) is 5.71 Å². The van der Waals surface area contributed by atoms with Crippen LogP contribution in [0.1, 0.15) is 29.2 Å². The minimum atomic E-state index is -4.45. The highest BCUT2D eigenvalue weighted by Crippen LogP contribution is 2.29. The van der Waals surface area contributed by atoms with Crippen molar-refractivity contribution in [1.29, 1.82) is 0 Å². The summed E-state index contributed by atoms with van der Waals surface area (Å²) < 4.78 is 38.4. The van der Waals surface area contributed by atoms with Gasteiger partial charge in [0.2, 0.25) is 0 Å². The number of benzene rings is 2. The van der Waals surface area contributed by atoms with Gasteiger partial charge in [0, 0.05) is 11.1 Å². The van der Waals surface area contributed by atoms with Crippen molar-refractivity contribution in [2.45, 2.75) is 19.7 Å². The van der Waals surface area contributed by atoms with Crippen molar-refractivity contribution in [3.63, 3.8) is 0 Å². The number of carboxylic acid groups (broad SMARTS) is 1. The normalized spacial score (nSPS) is 12.6. The zero-order chi connectivity index (χ0) is 20.7. The van der Waals surface area contributed by atoms with Gasteiger partial charge in [0.1, 0.15) is 13.7 Å². The third-order valence-electron chi connectivity index (χ3n) is 3.69. The quantitative estimate of drug-likeness (QED) is 0.567. The van der Waals surface area contributed by atoms with Crippen LogP contribution in [-0.4, -0.2) is 29.6 Å². The van der Waals surface area contributed by atoms with E-state index in [1.165, 1.54) is 32.2 Å². The van der Waals surface area contributed by atoms with Gasteiger partial charge in [0.25, 0.3) is 0 Å². The zero-order valence-electron chi connectivity index (χ0n) is 15.0. The first kappa shape index (κ1) is 20.9. The Morgan fingerprint density at radius 3 is 2.46 bits per heavy atom. The number of nitrogens with zero attached hydrogens (tertiary/aromatic N) is 2. The van der Waals surface area contributed by atoms with Crippen molar-refractivity contribution in [2.75, 3.05) is 7.11 Å².